The number of aromatic nitrogens is 2. The number of para-hydroxylation sites is 2. The Hall–Kier alpha value is -3.61. The largest absolute Gasteiger partial charge is 0.496 e. The minimum Gasteiger partial charge on any atom is -0.496 e. The number of ether oxygens (including phenoxy) is 1. The van der Waals surface area contributed by atoms with Crippen molar-refractivity contribution in [3.8, 4) is 22.7 Å². The molecular formula is C22H21N3O4. The molecule has 0 unspecified atom stereocenters. The molecule has 29 heavy (non-hydrogen) atoms. The third-order valence-electron chi connectivity index (χ3n) is 5.15. The summed E-state index contributed by atoms with van der Waals surface area (Å²) >= 11 is 0. The summed E-state index contributed by atoms with van der Waals surface area (Å²) in [5.74, 6) is -1.01. The molecule has 7 heteroatoms. The average molecular weight is 391 g/mol. The number of likely N-dealkylation sites (tertiary alicyclic amines) is 1. The second-order valence-corrected chi connectivity index (χ2v) is 6.95. The van der Waals surface area contributed by atoms with Crippen LogP contribution in [0, 0.1) is 5.92 Å². The SMILES string of the molecule is COc1ccccc1-c1nn(-c2ccccc2)cc1C(=O)N1CC[C@H](C(=O)O)C1. The fourth-order valence-electron chi connectivity index (χ4n) is 3.60. The Labute approximate surface area is 168 Å². The average Bonchev–Trinajstić information content (AvgIpc) is 3.42. The Morgan fingerprint density at radius 2 is 1.83 bits per heavy atom. The van der Waals surface area contributed by atoms with Gasteiger partial charge in [0.25, 0.3) is 5.91 Å². The molecule has 0 aliphatic carbocycles. The van der Waals surface area contributed by atoms with Crippen LogP contribution < -0.4 is 4.74 Å². The van der Waals surface area contributed by atoms with Crippen LogP contribution in [0.5, 0.6) is 5.75 Å². The Morgan fingerprint density at radius 3 is 2.52 bits per heavy atom. The quantitative estimate of drug-likeness (QED) is 0.722. The molecule has 0 saturated carbocycles. The maximum absolute atomic E-state index is 13.3. The van der Waals surface area contributed by atoms with Crippen molar-refractivity contribution in [2.24, 2.45) is 5.92 Å². The molecule has 1 atom stereocenters. The number of hydrogen-bond acceptors (Lipinski definition) is 4. The van der Waals surface area contributed by atoms with E-state index in [1.807, 2.05) is 54.6 Å². The minimum absolute atomic E-state index is 0.204. The summed E-state index contributed by atoms with van der Waals surface area (Å²) in [6.45, 7) is 0.619. The van der Waals surface area contributed by atoms with Gasteiger partial charge in [0.1, 0.15) is 11.4 Å². The van der Waals surface area contributed by atoms with Crippen molar-refractivity contribution >= 4 is 11.9 Å². The summed E-state index contributed by atoms with van der Waals surface area (Å²) in [4.78, 5) is 26.2. The van der Waals surface area contributed by atoms with Gasteiger partial charge in [-0.1, -0.05) is 30.3 Å². The summed E-state index contributed by atoms with van der Waals surface area (Å²) in [5.41, 5.74) is 2.47. The van der Waals surface area contributed by atoms with Crippen molar-refractivity contribution in [3.05, 3.63) is 66.4 Å². The molecule has 1 fully saturated rings. The first-order valence-corrected chi connectivity index (χ1v) is 9.39. The highest BCUT2D eigenvalue weighted by molar-refractivity contribution is 6.01. The molecule has 1 N–H and O–H groups in total. The van der Waals surface area contributed by atoms with Crippen LogP contribution in [0.2, 0.25) is 0 Å². The van der Waals surface area contributed by atoms with Gasteiger partial charge in [0.15, 0.2) is 0 Å². The normalized spacial score (nSPS) is 16.0. The van der Waals surface area contributed by atoms with Crippen molar-refractivity contribution in [2.45, 2.75) is 6.42 Å². The van der Waals surface area contributed by atoms with E-state index in [0.29, 0.717) is 35.5 Å². The molecule has 1 aliphatic heterocycles. The van der Waals surface area contributed by atoms with Gasteiger partial charge in [0, 0.05) is 24.8 Å². The van der Waals surface area contributed by atoms with E-state index in [2.05, 4.69) is 5.10 Å². The molecule has 2 aromatic carbocycles. The molecule has 148 valence electrons. The number of aliphatic carboxylic acids is 1. The van der Waals surface area contributed by atoms with Crippen molar-refractivity contribution in [2.75, 3.05) is 20.2 Å². The predicted molar refractivity (Wildman–Crippen MR) is 107 cm³/mol. The Kier molecular flexibility index (Phi) is 5.03. The van der Waals surface area contributed by atoms with Crippen LogP contribution in [0.1, 0.15) is 16.8 Å². The van der Waals surface area contributed by atoms with E-state index < -0.39 is 11.9 Å². The number of methoxy groups -OCH3 is 1. The first-order chi connectivity index (χ1) is 14.1. The molecule has 1 aromatic heterocycles. The molecule has 7 nitrogen and oxygen atoms in total. The highest BCUT2D eigenvalue weighted by Gasteiger charge is 2.33. The topological polar surface area (TPSA) is 84.7 Å². The van der Waals surface area contributed by atoms with Crippen molar-refractivity contribution < 1.29 is 19.4 Å². The van der Waals surface area contributed by atoms with Gasteiger partial charge in [-0.2, -0.15) is 5.10 Å². The highest BCUT2D eigenvalue weighted by atomic mass is 16.5. The van der Waals surface area contributed by atoms with Gasteiger partial charge in [-0.05, 0) is 30.7 Å². The summed E-state index contributed by atoms with van der Waals surface area (Å²) in [6, 6.07) is 16.9. The van der Waals surface area contributed by atoms with Crippen LogP contribution in [0.4, 0.5) is 0 Å². The molecule has 1 saturated heterocycles. The Bertz CT molecular complexity index is 1050. The van der Waals surface area contributed by atoms with Gasteiger partial charge < -0.3 is 14.7 Å². The zero-order valence-electron chi connectivity index (χ0n) is 16.0. The predicted octanol–water partition coefficient (Wildman–Crippen LogP) is 3.09. The maximum Gasteiger partial charge on any atom is 0.308 e. The molecule has 1 amide bonds. The number of carbonyl (C=O) groups excluding carboxylic acids is 1. The van der Waals surface area contributed by atoms with E-state index in [1.54, 1.807) is 22.9 Å². The number of benzene rings is 2. The Balaban J connectivity index is 1.78. The van der Waals surface area contributed by atoms with Gasteiger partial charge in [-0.25, -0.2) is 4.68 Å². The molecule has 3 aromatic rings. The lowest BCUT2D eigenvalue weighted by Gasteiger charge is -2.16. The number of amides is 1. The smallest absolute Gasteiger partial charge is 0.308 e. The van der Waals surface area contributed by atoms with Crippen LogP contribution in [0.15, 0.2) is 60.8 Å². The first kappa shape index (κ1) is 18.7. The minimum atomic E-state index is -0.870. The van der Waals surface area contributed by atoms with Crippen molar-refractivity contribution in [1.29, 1.82) is 0 Å². The summed E-state index contributed by atoms with van der Waals surface area (Å²) in [5, 5.41) is 13.9. The molecule has 1 aliphatic rings. The molecule has 0 radical (unpaired) electrons. The third kappa shape index (κ3) is 3.59. The first-order valence-electron chi connectivity index (χ1n) is 9.39. The number of carboxylic acid groups (broad SMARTS) is 1. The van der Waals surface area contributed by atoms with E-state index in [0.717, 1.165) is 5.69 Å². The van der Waals surface area contributed by atoms with Gasteiger partial charge >= 0.3 is 5.97 Å². The van der Waals surface area contributed by atoms with Crippen LogP contribution in [0.25, 0.3) is 16.9 Å². The van der Waals surface area contributed by atoms with Crippen molar-refractivity contribution in [3.63, 3.8) is 0 Å². The zero-order chi connectivity index (χ0) is 20.4. The summed E-state index contributed by atoms with van der Waals surface area (Å²) in [6.07, 6.45) is 2.16. The van der Waals surface area contributed by atoms with Gasteiger partial charge in [-0.15, -0.1) is 0 Å². The van der Waals surface area contributed by atoms with E-state index >= 15 is 0 Å². The summed E-state index contributed by atoms with van der Waals surface area (Å²) < 4.78 is 7.14. The van der Waals surface area contributed by atoms with E-state index in [-0.39, 0.29) is 12.5 Å². The summed E-state index contributed by atoms with van der Waals surface area (Å²) in [7, 11) is 1.58. The molecule has 0 bridgehead atoms. The second-order valence-electron chi connectivity index (χ2n) is 6.95. The Morgan fingerprint density at radius 1 is 1.10 bits per heavy atom. The third-order valence-corrected chi connectivity index (χ3v) is 5.15. The standard InChI is InChI=1S/C22H21N3O4/c1-29-19-10-6-5-9-17(19)20-18(14-25(23-20)16-7-3-2-4-8-16)21(26)24-12-11-15(13-24)22(27)28/h2-10,14-15H,11-13H2,1H3,(H,27,28)/t15-/m0/s1. The van der Waals surface area contributed by atoms with E-state index in [9.17, 15) is 14.7 Å². The number of nitrogens with zero attached hydrogens (tertiary/aromatic N) is 3. The van der Waals surface area contributed by atoms with Gasteiger partial charge in [0.2, 0.25) is 0 Å². The number of hydrogen-bond donors (Lipinski definition) is 1. The lowest BCUT2D eigenvalue weighted by atomic mass is 10.1. The van der Waals surface area contributed by atoms with Crippen LogP contribution in [0.3, 0.4) is 0 Å². The number of carboxylic acids is 1. The molecular weight excluding hydrogens is 370 g/mol. The zero-order valence-corrected chi connectivity index (χ0v) is 16.0. The lowest BCUT2D eigenvalue weighted by Crippen LogP contribution is -2.30. The fourth-order valence-corrected chi connectivity index (χ4v) is 3.60. The lowest BCUT2D eigenvalue weighted by molar-refractivity contribution is -0.141. The van der Waals surface area contributed by atoms with Gasteiger partial charge in [-0.3, -0.25) is 9.59 Å². The van der Waals surface area contributed by atoms with Crippen LogP contribution >= 0.6 is 0 Å². The molecule has 0 spiro atoms. The molecule has 4 rings (SSSR count). The monoisotopic (exact) mass is 391 g/mol. The molecule has 2 heterocycles. The van der Waals surface area contributed by atoms with Gasteiger partial charge in [0.05, 0.1) is 24.3 Å². The van der Waals surface area contributed by atoms with Crippen LogP contribution in [-0.4, -0.2) is 51.9 Å². The van der Waals surface area contributed by atoms with Crippen molar-refractivity contribution in [1.82, 2.24) is 14.7 Å². The highest BCUT2D eigenvalue weighted by Crippen LogP contribution is 2.33. The second kappa shape index (κ2) is 7.79. The van der Waals surface area contributed by atoms with E-state index in [1.165, 1.54) is 0 Å². The maximum atomic E-state index is 13.3. The number of rotatable bonds is 5. The van der Waals surface area contributed by atoms with E-state index in [4.69, 9.17) is 4.74 Å². The number of carbonyl (C=O) groups is 2. The fraction of sp³-hybridized carbons (Fsp3) is 0.227. The van der Waals surface area contributed by atoms with Crippen LogP contribution in [-0.2, 0) is 4.79 Å².